The van der Waals surface area contributed by atoms with Gasteiger partial charge in [-0.15, -0.1) is 0 Å². The van der Waals surface area contributed by atoms with Crippen LogP contribution in [0.15, 0.2) is 36.4 Å². The Morgan fingerprint density at radius 1 is 1.22 bits per heavy atom. The molecule has 2 rings (SSSR count). The minimum Gasteiger partial charge on any atom is -0.496 e. The third kappa shape index (κ3) is 2.30. The third-order valence-electron chi connectivity index (χ3n) is 3.14. The molecule has 1 N–H and O–H groups in total. The number of hydrogen-bond donors (Lipinski definition) is 1. The molecular formula is C15H16O3. The Bertz CT molecular complexity index is 575. The first-order valence-electron chi connectivity index (χ1n) is 5.91. The van der Waals surface area contributed by atoms with Crippen molar-refractivity contribution >= 4 is 16.7 Å². The van der Waals surface area contributed by atoms with Crippen LogP contribution in [-0.4, -0.2) is 18.2 Å². The lowest BCUT2D eigenvalue weighted by molar-refractivity contribution is -0.141. The SMILES string of the molecule is COc1ccc(CC(C)C(=O)O)c2ccccc12. The normalized spacial score (nSPS) is 12.3. The Labute approximate surface area is 106 Å². The van der Waals surface area contributed by atoms with E-state index in [4.69, 9.17) is 9.84 Å². The molecule has 3 nitrogen and oxygen atoms in total. The standard InChI is InChI=1S/C15H16O3/c1-10(15(16)17)9-11-7-8-14(18-2)13-6-4-3-5-12(11)13/h3-8,10H,9H2,1-2H3,(H,16,17). The van der Waals surface area contributed by atoms with Gasteiger partial charge in [0.2, 0.25) is 0 Å². The van der Waals surface area contributed by atoms with E-state index in [-0.39, 0.29) is 5.92 Å². The molecule has 0 amide bonds. The molecular weight excluding hydrogens is 228 g/mol. The van der Waals surface area contributed by atoms with Crippen molar-refractivity contribution in [1.29, 1.82) is 0 Å². The summed E-state index contributed by atoms with van der Waals surface area (Å²) >= 11 is 0. The summed E-state index contributed by atoms with van der Waals surface area (Å²) in [6.07, 6.45) is 0.528. The minimum atomic E-state index is -0.769. The maximum absolute atomic E-state index is 10.9. The maximum Gasteiger partial charge on any atom is 0.306 e. The highest BCUT2D eigenvalue weighted by Gasteiger charge is 2.14. The van der Waals surface area contributed by atoms with Crippen molar-refractivity contribution in [2.75, 3.05) is 7.11 Å². The van der Waals surface area contributed by atoms with Crippen LogP contribution in [0.1, 0.15) is 12.5 Å². The zero-order valence-corrected chi connectivity index (χ0v) is 10.5. The van der Waals surface area contributed by atoms with Gasteiger partial charge in [0.05, 0.1) is 13.0 Å². The van der Waals surface area contributed by atoms with Crippen LogP contribution in [0.5, 0.6) is 5.75 Å². The van der Waals surface area contributed by atoms with Crippen molar-refractivity contribution in [3.63, 3.8) is 0 Å². The molecule has 2 aromatic carbocycles. The van der Waals surface area contributed by atoms with Gasteiger partial charge in [0, 0.05) is 5.39 Å². The van der Waals surface area contributed by atoms with Gasteiger partial charge in [-0.1, -0.05) is 37.3 Å². The molecule has 0 fully saturated rings. The molecule has 0 heterocycles. The van der Waals surface area contributed by atoms with E-state index in [2.05, 4.69) is 0 Å². The number of methoxy groups -OCH3 is 1. The number of fused-ring (bicyclic) bond motifs is 1. The average Bonchev–Trinajstić information content (AvgIpc) is 2.39. The summed E-state index contributed by atoms with van der Waals surface area (Å²) in [6.45, 7) is 1.72. The fourth-order valence-electron chi connectivity index (χ4n) is 2.11. The highest BCUT2D eigenvalue weighted by molar-refractivity contribution is 5.91. The van der Waals surface area contributed by atoms with Crippen LogP contribution in [-0.2, 0) is 11.2 Å². The molecule has 3 heteroatoms. The monoisotopic (exact) mass is 244 g/mol. The first-order valence-corrected chi connectivity index (χ1v) is 5.91. The van der Waals surface area contributed by atoms with Crippen molar-refractivity contribution in [1.82, 2.24) is 0 Å². The molecule has 18 heavy (non-hydrogen) atoms. The molecule has 0 aliphatic heterocycles. The van der Waals surface area contributed by atoms with E-state index >= 15 is 0 Å². The molecule has 0 aliphatic carbocycles. The van der Waals surface area contributed by atoms with Crippen LogP contribution >= 0.6 is 0 Å². The summed E-state index contributed by atoms with van der Waals surface area (Å²) in [5.41, 5.74) is 1.04. The van der Waals surface area contributed by atoms with E-state index in [1.54, 1.807) is 14.0 Å². The molecule has 0 radical (unpaired) electrons. The van der Waals surface area contributed by atoms with Gasteiger partial charge in [-0.3, -0.25) is 4.79 Å². The topological polar surface area (TPSA) is 46.5 Å². The van der Waals surface area contributed by atoms with E-state index in [1.165, 1.54) is 0 Å². The second-order valence-corrected chi connectivity index (χ2v) is 4.42. The smallest absolute Gasteiger partial charge is 0.306 e. The average molecular weight is 244 g/mol. The predicted octanol–water partition coefficient (Wildman–Crippen LogP) is 3.11. The largest absolute Gasteiger partial charge is 0.496 e. The summed E-state index contributed by atoms with van der Waals surface area (Å²) in [5.74, 6) is -0.339. The van der Waals surface area contributed by atoms with Gasteiger partial charge >= 0.3 is 5.97 Å². The predicted molar refractivity (Wildman–Crippen MR) is 71.0 cm³/mol. The molecule has 2 aromatic rings. The molecule has 0 aromatic heterocycles. The van der Waals surface area contributed by atoms with E-state index in [9.17, 15) is 4.79 Å². The number of ether oxygens (including phenoxy) is 1. The second kappa shape index (κ2) is 5.08. The van der Waals surface area contributed by atoms with E-state index in [0.717, 1.165) is 22.1 Å². The van der Waals surface area contributed by atoms with Gasteiger partial charge in [-0.2, -0.15) is 0 Å². The van der Waals surface area contributed by atoms with E-state index in [1.807, 2.05) is 36.4 Å². The lowest BCUT2D eigenvalue weighted by Gasteiger charge is -2.12. The van der Waals surface area contributed by atoms with Crippen LogP contribution in [0.25, 0.3) is 10.8 Å². The van der Waals surface area contributed by atoms with Crippen LogP contribution in [0.4, 0.5) is 0 Å². The number of benzene rings is 2. The van der Waals surface area contributed by atoms with Crippen molar-refractivity contribution in [2.24, 2.45) is 5.92 Å². The summed E-state index contributed by atoms with van der Waals surface area (Å²) in [7, 11) is 1.64. The lowest BCUT2D eigenvalue weighted by atomic mass is 9.95. The third-order valence-corrected chi connectivity index (χ3v) is 3.14. The Kier molecular flexibility index (Phi) is 3.51. The highest BCUT2D eigenvalue weighted by atomic mass is 16.5. The Balaban J connectivity index is 2.49. The van der Waals surface area contributed by atoms with E-state index < -0.39 is 5.97 Å². The van der Waals surface area contributed by atoms with Gasteiger partial charge in [-0.05, 0) is 23.4 Å². The number of carbonyl (C=O) groups is 1. The van der Waals surface area contributed by atoms with Gasteiger partial charge in [0.25, 0.3) is 0 Å². The van der Waals surface area contributed by atoms with Crippen molar-refractivity contribution in [2.45, 2.75) is 13.3 Å². The summed E-state index contributed by atoms with van der Waals surface area (Å²) < 4.78 is 5.32. The van der Waals surface area contributed by atoms with E-state index in [0.29, 0.717) is 6.42 Å². The van der Waals surface area contributed by atoms with Crippen LogP contribution in [0.3, 0.4) is 0 Å². The lowest BCUT2D eigenvalue weighted by Crippen LogP contribution is -2.12. The zero-order chi connectivity index (χ0) is 13.1. The quantitative estimate of drug-likeness (QED) is 0.898. The van der Waals surface area contributed by atoms with Crippen molar-refractivity contribution in [3.8, 4) is 5.75 Å². The summed E-state index contributed by atoms with van der Waals surface area (Å²) in [6, 6.07) is 11.7. The van der Waals surface area contributed by atoms with Gasteiger partial charge in [0.15, 0.2) is 0 Å². The fourth-order valence-corrected chi connectivity index (χ4v) is 2.11. The Morgan fingerprint density at radius 3 is 2.50 bits per heavy atom. The Hall–Kier alpha value is -2.03. The molecule has 0 saturated carbocycles. The molecule has 94 valence electrons. The minimum absolute atomic E-state index is 0.387. The van der Waals surface area contributed by atoms with Crippen molar-refractivity contribution < 1.29 is 14.6 Å². The molecule has 0 bridgehead atoms. The van der Waals surface area contributed by atoms with Gasteiger partial charge in [0.1, 0.15) is 5.75 Å². The summed E-state index contributed by atoms with van der Waals surface area (Å²) in [5, 5.41) is 11.1. The number of hydrogen-bond acceptors (Lipinski definition) is 2. The number of aliphatic carboxylic acids is 1. The first-order chi connectivity index (χ1) is 8.63. The zero-order valence-electron chi connectivity index (χ0n) is 10.5. The Morgan fingerprint density at radius 2 is 1.89 bits per heavy atom. The molecule has 0 saturated heterocycles. The van der Waals surface area contributed by atoms with Crippen LogP contribution in [0.2, 0.25) is 0 Å². The second-order valence-electron chi connectivity index (χ2n) is 4.42. The molecule has 1 atom stereocenters. The first kappa shape index (κ1) is 12.4. The van der Waals surface area contributed by atoms with Crippen LogP contribution < -0.4 is 4.74 Å². The molecule has 0 spiro atoms. The van der Waals surface area contributed by atoms with Crippen LogP contribution in [0, 0.1) is 5.92 Å². The number of rotatable bonds is 4. The molecule has 1 unspecified atom stereocenters. The highest BCUT2D eigenvalue weighted by Crippen LogP contribution is 2.29. The maximum atomic E-state index is 10.9. The number of carboxylic acid groups (broad SMARTS) is 1. The molecule has 0 aliphatic rings. The summed E-state index contributed by atoms with van der Waals surface area (Å²) in [4.78, 5) is 10.9. The fraction of sp³-hybridized carbons (Fsp3) is 0.267. The van der Waals surface area contributed by atoms with Crippen molar-refractivity contribution in [3.05, 3.63) is 42.0 Å². The number of carboxylic acids is 1. The van der Waals surface area contributed by atoms with Gasteiger partial charge < -0.3 is 9.84 Å². The van der Waals surface area contributed by atoms with Gasteiger partial charge in [-0.25, -0.2) is 0 Å².